The van der Waals surface area contributed by atoms with Gasteiger partial charge in [0.05, 0.1) is 18.6 Å². The molecule has 0 spiro atoms. The predicted octanol–water partition coefficient (Wildman–Crippen LogP) is 3.32. The van der Waals surface area contributed by atoms with Crippen LogP contribution in [0.1, 0.15) is 22.8 Å². The summed E-state index contributed by atoms with van der Waals surface area (Å²) >= 11 is 12.2. The number of esters is 1. The number of halogens is 2. The molecule has 120 valence electrons. The van der Waals surface area contributed by atoms with Crippen LogP contribution in [0.3, 0.4) is 0 Å². The van der Waals surface area contributed by atoms with Gasteiger partial charge in [-0.15, -0.1) is 0 Å². The quantitative estimate of drug-likeness (QED) is 0.774. The molecule has 0 saturated heterocycles. The number of hydrogen-bond donors (Lipinski definition) is 0. The SMILES string of the molecule is COC(=O)[C@@H]1Oc2cc(C)oc(=O)c2[C@H]1c1ccc(Cl)cc1Cl. The van der Waals surface area contributed by atoms with Crippen molar-refractivity contribution >= 4 is 29.2 Å². The van der Waals surface area contributed by atoms with E-state index in [1.165, 1.54) is 7.11 Å². The molecule has 0 saturated carbocycles. The van der Waals surface area contributed by atoms with E-state index in [2.05, 4.69) is 0 Å². The molecule has 5 nitrogen and oxygen atoms in total. The molecule has 1 aromatic carbocycles. The van der Waals surface area contributed by atoms with Gasteiger partial charge in [0.1, 0.15) is 11.5 Å². The highest BCUT2D eigenvalue weighted by molar-refractivity contribution is 6.35. The first-order valence-corrected chi connectivity index (χ1v) is 7.52. The second kappa shape index (κ2) is 5.91. The van der Waals surface area contributed by atoms with Crippen molar-refractivity contribution in [2.24, 2.45) is 0 Å². The maximum Gasteiger partial charge on any atom is 0.348 e. The fourth-order valence-electron chi connectivity index (χ4n) is 2.70. The Bertz CT molecular complexity index is 843. The molecule has 2 aromatic rings. The zero-order valence-electron chi connectivity index (χ0n) is 12.3. The molecular formula is C16H12Cl2O5. The maximum atomic E-state index is 12.3. The second-order valence-corrected chi connectivity index (χ2v) is 5.97. The highest BCUT2D eigenvalue weighted by atomic mass is 35.5. The van der Waals surface area contributed by atoms with Gasteiger partial charge < -0.3 is 13.9 Å². The van der Waals surface area contributed by atoms with E-state index in [1.807, 2.05) is 0 Å². The number of methoxy groups -OCH3 is 1. The summed E-state index contributed by atoms with van der Waals surface area (Å²) in [5.41, 5.74) is 0.221. The Morgan fingerprint density at radius 2 is 2.00 bits per heavy atom. The maximum absolute atomic E-state index is 12.3. The predicted molar refractivity (Wildman–Crippen MR) is 84.5 cm³/mol. The molecule has 1 aliphatic rings. The van der Waals surface area contributed by atoms with Crippen molar-refractivity contribution in [2.45, 2.75) is 18.9 Å². The molecule has 0 radical (unpaired) electrons. The van der Waals surface area contributed by atoms with Crippen molar-refractivity contribution in [3.63, 3.8) is 0 Å². The summed E-state index contributed by atoms with van der Waals surface area (Å²) in [7, 11) is 1.25. The lowest BCUT2D eigenvalue weighted by molar-refractivity contribution is -0.148. The van der Waals surface area contributed by atoms with Crippen molar-refractivity contribution in [1.29, 1.82) is 0 Å². The van der Waals surface area contributed by atoms with Gasteiger partial charge in [-0.05, 0) is 24.6 Å². The molecule has 7 heteroatoms. The number of aryl methyl sites for hydroxylation is 1. The molecule has 0 fully saturated rings. The average molecular weight is 355 g/mol. The van der Waals surface area contributed by atoms with Gasteiger partial charge in [-0.1, -0.05) is 29.3 Å². The van der Waals surface area contributed by atoms with Gasteiger partial charge in [-0.2, -0.15) is 0 Å². The number of hydrogen-bond acceptors (Lipinski definition) is 5. The zero-order valence-corrected chi connectivity index (χ0v) is 13.8. The lowest BCUT2D eigenvalue weighted by atomic mass is 9.89. The van der Waals surface area contributed by atoms with Crippen LogP contribution in [0.25, 0.3) is 0 Å². The van der Waals surface area contributed by atoms with E-state index in [1.54, 1.807) is 31.2 Å². The minimum absolute atomic E-state index is 0.246. The molecule has 3 rings (SSSR count). The molecule has 23 heavy (non-hydrogen) atoms. The smallest absolute Gasteiger partial charge is 0.348 e. The average Bonchev–Trinajstić information content (AvgIpc) is 2.85. The molecule has 2 heterocycles. The minimum Gasteiger partial charge on any atom is -0.477 e. The standard InChI is InChI=1S/C16H12Cl2O5/c1-7-5-11-13(15(19)22-7)12(14(23-11)16(20)21-2)9-4-3-8(17)6-10(9)18/h3-6,12,14H,1-2H3/t12-,14-/m1/s1. The number of carbonyl (C=O) groups excluding carboxylic acids is 1. The first-order valence-electron chi connectivity index (χ1n) is 6.76. The Labute approximate surface area is 141 Å². The van der Waals surface area contributed by atoms with Gasteiger partial charge in [0.2, 0.25) is 6.10 Å². The minimum atomic E-state index is -1.02. The molecule has 0 aliphatic carbocycles. The summed E-state index contributed by atoms with van der Waals surface area (Å²) in [5, 5.41) is 0.774. The third-order valence-electron chi connectivity index (χ3n) is 3.67. The normalized spacial score (nSPS) is 19.1. The monoisotopic (exact) mass is 354 g/mol. The van der Waals surface area contributed by atoms with Gasteiger partial charge in [-0.3, -0.25) is 0 Å². The Balaban J connectivity index is 2.22. The lowest BCUT2D eigenvalue weighted by Gasteiger charge is -2.18. The number of fused-ring (bicyclic) bond motifs is 1. The van der Waals surface area contributed by atoms with Crippen LogP contribution < -0.4 is 10.4 Å². The van der Waals surface area contributed by atoms with E-state index in [0.29, 0.717) is 27.1 Å². The first-order chi connectivity index (χ1) is 10.9. The van der Waals surface area contributed by atoms with Gasteiger partial charge in [0.15, 0.2) is 0 Å². The van der Waals surface area contributed by atoms with Gasteiger partial charge >= 0.3 is 11.6 Å². The van der Waals surface area contributed by atoms with E-state index in [0.717, 1.165) is 0 Å². The van der Waals surface area contributed by atoms with E-state index >= 15 is 0 Å². The summed E-state index contributed by atoms with van der Waals surface area (Å²) in [6.45, 7) is 1.63. The summed E-state index contributed by atoms with van der Waals surface area (Å²) in [6, 6.07) is 6.39. The molecule has 0 N–H and O–H groups in total. The van der Waals surface area contributed by atoms with Crippen LogP contribution >= 0.6 is 23.2 Å². The van der Waals surface area contributed by atoms with Crippen LogP contribution in [0.2, 0.25) is 10.0 Å². The van der Waals surface area contributed by atoms with Crippen molar-refractivity contribution in [3.05, 3.63) is 61.6 Å². The van der Waals surface area contributed by atoms with E-state index in [4.69, 9.17) is 37.1 Å². The summed E-state index contributed by atoms with van der Waals surface area (Å²) < 4.78 is 15.6. The zero-order chi connectivity index (χ0) is 16.7. The summed E-state index contributed by atoms with van der Waals surface area (Å²) in [6.07, 6.45) is -1.02. The van der Waals surface area contributed by atoms with Crippen molar-refractivity contribution in [2.75, 3.05) is 7.11 Å². The van der Waals surface area contributed by atoms with Gasteiger partial charge in [0, 0.05) is 16.1 Å². The van der Waals surface area contributed by atoms with E-state index in [9.17, 15) is 9.59 Å². The molecule has 0 amide bonds. The highest BCUT2D eigenvalue weighted by Crippen LogP contribution is 2.43. The first kappa shape index (κ1) is 15.9. The highest BCUT2D eigenvalue weighted by Gasteiger charge is 2.44. The topological polar surface area (TPSA) is 65.7 Å². The van der Waals surface area contributed by atoms with Crippen LogP contribution in [0.4, 0.5) is 0 Å². The van der Waals surface area contributed by atoms with Crippen LogP contribution in [0, 0.1) is 6.92 Å². The Morgan fingerprint density at radius 3 is 2.65 bits per heavy atom. The molecular weight excluding hydrogens is 343 g/mol. The van der Waals surface area contributed by atoms with Gasteiger partial charge in [-0.25, -0.2) is 9.59 Å². The molecule has 0 bridgehead atoms. The lowest BCUT2D eigenvalue weighted by Crippen LogP contribution is -2.32. The largest absolute Gasteiger partial charge is 0.477 e. The molecule has 2 atom stereocenters. The van der Waals surface area contributed by atoms with Crippen LogP contribution in [-0.2, 0) is 9.53 Å². The number of carbonyl (C=O) groups is 1. The molecule has 1 aromatic heterocycles. The number of rotatable bonds is 2. The second-order valence-electron chi connectivity index (χ2n) is 5.13. The third kappa shape index (κ3) is 2.71. The third-order valence-corrected chi connectivity index (χ3v) is 4.23. The van der Waals surface area contributed by atoms with E-state index in [-0.39, 0.29) is 5.56 Å². The molecule has 0 unspecified atom stereocenters. The van der Waals surface area contributed by atoms with Crippen LogP contribution in [0.5, 0.6) is 5.75 Å². The van der Waals surface area contributed by atoms with Crippen molar-refractivity contribution < 1.29 is 18.7 Å². The number of ether oxygens (including phenoxy) is 2. The van der Waals surface area contributed by atoms with Crippen molar-refractivity contribution in [1.82, 2.24) is 0 Å². The summed E-state index contributed by atoms with van der Waals surface area (Å²) in [5.74, 6) is -0.640. The number of benzene rings is 1. The Hall–Kier alpha value is -1.98. The Morgan fingerprint density at radius 1 is 1.26 bits per heavy atom. The Kier molecular flexibility index (Phi) is 4.08. The molecule has 1 aliphatic heterocycles. The fraction of sp³-hybridized carbons (Fsp3) is 0.250. The van der Waals surface area contributed by atoms with Crippen LogP contribution in [-0.4, -0.2) is 19.2 Å². The fourth-order valence-corrected chi connectivity index (χ4v) is 3.23. The van der Waals surface area contributed by atoms with Crippen molar-refractivity contribution in [3.8, 4) is 5.75 Å². The summed E-state index contributed by atoms with van der Waals surface area (Å²) in [4.78, 5) is 24.4. The van der Waals surface area contributed by atoms with E-state index < -0.39 is 23.6 Å². The van der Waals surface area contributed by atoms with Crippen LogP contribution in [0.15, 0.2) is 33.5 Å². The van der Waals surface area contributed by atoms with Gasteiger partial charge in [0.25, 0.3) is 0 Å².